The standard InChI is InChI=1S/C11H13N5/c1-11(2,3)16-10-8(6-14-16)4-7(5-12)9(13)15-10/h4,6H,1-3H3,(H2,13,15). The van der Waals surface area contributed by atoms with Gasteiger partial charge in [0.2, 0.25) is 0 Å². The molecule has 5 nitrogen and oxygen atoms in total. The minimum absolute atomic E-state index is 0.157. The first-order chi connectivity index (χ1) is 7.43. The van der Waals surface area contributed by atoms with Gasteiger partial charge in [0.15, 0.2) is 5.65 Å². The molecule has 2 rings (SSSR count). The number of nitrogens with zero attached hydrogens (tertiary/aromatic N) is 4. The molecule has 0 aliphatic carbocycles. The van der Waals surface area contributed by atoms with Crippen LogP contribution in [-0.4, -0.2) is 14.8 Å². The molecule has 2 aromatic heterocycles. The smallest absolute Gasteiger partial charge is 0.160 e. The molecule has 0 aliphatic heterocycles. The zero-order valence-corrected chi connectivity index (χ0v) is 9.52. The normalized spacial score (nSPS) is 11.6. The van der Waals surface area contributed by atoms with Crippen LogP contribution in [0.2, 0.25) is 0 Å². The molecule has 0 saturated carbocycles. The summed E-state index contributed by atoms with van der Waals surface area (Å²) in [7, 11) is 0. The van der Waals surface area contributed by atoms with E-state index in [2.05, 4.69) is 10.1 Å². The van der Waals surface area contributed by atoms with Crippen LogP contribution in [0.25, 0.3) is 11.0 Å². The highest BCUT2D eigenvalue weighted by Crippen LogP contribution is 2.22. The van der Waals surface area contributed by atoms with Crippen LogP contribution >= 0.6 is 0 Å². The predicted molar refractivity (Wildman–Crippen MR) is 61.7 cm³/mol. The number of hydrogen-bond acceptors (Lipinski definition) is 4. The van der Waals surface area contributed by atoms with E-state index in [1.54, 1.807) is 16.9 Å². The van der Waals surface area contributed by atoms with Crippen molar-refractivity contribution in [3.05, 3.63) is 17.8 Å². The van der Waals surface area contributed by atoms with Crippen LogP contribution in [0.3, 0.4) is 0 Å². The Kier molecular flexibility index (Phi) is 2.09. The highest BCUT2D eigenvalue weighted by molar-refractivity contribution is 5.79. The number of anilines is 1. The second kappa shape index (κ2) is 3.20. The number of nitrogen functional groups attached to an aromatic ring is 1. The number of rotatable bonds is 0. The minimum atomic E-state index is -0.157. The van der Waals surface area contributed by atoms with Gasteiger partial charge in [-0.3, -0.25) is 0 Å². The third kappa shape index (κ3) is 1.48. The third-order valence-corrected chi connectivity index (χ3v) is 2.33. The summed E-state index contributed by atoms with van der Waals surface area (Å²) in [6.07, 6.45) is 1.70. The van der Waals surface area contributed by atoms with E-state index in [9.17, 15) is 0 Å². The van der Waals surface area contributed by atoms with E-state index in [0.29, 0.717) is 11.2 Å². The topological polar surface area (TPSA) is 80.5 Å². The van der Waals surface area contributed by atoms with Gasteiger partial charge in [-0.2, -0.15) is 10.4 Å². The van der Waals surface area contributed by atoms with E-state index in [0.717, 1.165) is 5.39 Å². The Bertz CT molecular complexity index is 583. The first-order valence-electron chi connectivity index (χ1n) is 4.98. The summed E-state index contributed by atoms with van der Waals surface area (Å²) in [6, 6.07) is 3.73. The Morgan fingerprint density at radius 2 is 2.12 bits per heavy atom. The molecule has 0 bridgehead atoms. The quantitative estimate of drug-likeness (QED) is 0.724. The van der Waals surface area contributed by atoms with Gasteiger partial charge in [-0.25, -0.2) is 9.67 Å². The zero-order valence-electron chi connectivity index (χ0n) is 9.52. The fraction of sp³-hybridized carbons (Fsp3) is 0.364. The van der Waals surface area contributed by atoms with E-state index in [4.69, 9.17) is 11.0 Å². The average Bonchev–Trinajstić information content (AvgIpc) is 2.58. The van der Waals surface area contributed by atoms with Gasteiger partial charge in [0.1, 0.15) is 11.9 Å². The Labute approximate surface area is 93.5 Å². The van der Waals surface area contributed by atoms with Gasteiger partial charge in [-0.1, -0.05) is 0 Å². The lowest BCUT2D eigenvalue weighted by molar-refractivity contribution is 0.366. The van der Waals surface area contributed by atoms with E-state index in [-0.39, 0.29) is 11.4 Å². The van der Waals surface area contributed by atoms with Gasteiger partial charge in [-0.15, -0.1) is 0 Å². The van der Waals surface area contributed by atoms with Gasteiger partial charge in [-0.05, 0) is 26.8 Å². The van der Waals surface area contributed by atoms with Crippen LogP contribution in [0, 0.1) is 11.3 Å². The third-order valence-electron chi connectivity index (χ3n) is 2.33. The Hall–Kier alpha value is -2.09. The van der Waals surface area contributed by atoms with E-state index in [1.807, 2.05) is 26.8 Å². The van der Waals surface area contributed by atoms with Crippen molar-refractivity contribution in [2.24, 2.45) is 0 Å². The summed E-state index contributed by atoms with van der Waals surface area (Å²) in [5.74, 6) is 0.251. The minimum Gasteiger partial charge on any atom is -0.383 e. The molecule has 2 aromatic rings. The maximum Gasteiger partial charge on any atom is 0.160 e. The van der Waals surface area contributed by atoms with Crippen molar-refractivity contribution in [2.45, 2.75) is 26.3 Å². The molecule has 0 unspecified atom stereocenters. The van der Waals surface area contributed by atoms with Gasteiger partial charge in [0.25, 0.3) is 0 Å². The lowest BCUT2D eigenvalue weighted by atomic mass is 10.1. The molecular weight excluding hydrogens is 202 g/mol. The maximum absolute atomic E-state index is 8.85. The van der Waals surface area contributed by atoms with Crippen LogP contribution in [0.15, 0.2) is 12.3 Å². The molecule has 0 fully saturated rings. The Morgan fingerprint density at radius 3 is 2.69 bits per heavy atom. The largest absolute Gasteiger partial charge is 0.383 e. The lowest BCUT2D eigenvalue weighted by Crippen LogP contribution is -2.23. The van der Waals surface area contributed by atoms with Crippen molar-refractivity contribution in [2.75, 3.05) is 5.73 Å². The summed E-state index contributed by atoms with van der Waals surface area (Å²) in [6.45, 7) is 6.11. The fourth-order valence-corrected chi connectivity index (χ4v) is 1.55. The van der Waals surface area contributed by atoms with Crippen LogP contribution in [0.1, 0.15) is 26.3 Å². The van der Waals surface area contributed by atoms with Crippen molar-refractivity contribution >= 4 is 16.9 Å². The second-order valence-corrected chi connectivity index (χ2v) is 4.67. The number of nitriles is 1. The first-order valence-corrected chi connectivity index (χ1v) is 4.98. The highest BCUT2D eigenvalue weighted by atomic mass is 15.3. The number of nitrogens with two attached hydrogens (primary N) is 1. The lowest BCUT2D eigenvalue weighted by Gasteiger charge is -2.19. The molecule has 0 atom stereocenters. The first kappa shape index (κ1) is 10.4. The molecule has 16 heavy (non-hydrogen) atoms. The number of fused-ring (bicyclic) bond motifs is 1. The zero-order chi connectivity index (χ0) is 11.9. The van der Waals surface area contributed by atoms with E-state index in [1.165, 1.54) is 0 Å². The predicted octanol–water partition coefficient (Wildman–Crippen LogP) is 1.64. The van der Waals surface area contributed by atoms with Gasteiger partial charge in [0, 0.05) is 5.39 Å². The molecule has 0 radical (unpaired) electrons. The van der Waals surface area contributed by atoms with Crippen LogP contribution < -0.4 is 5.73 Å². The summed E-state index contributed by atoms with van der Waals surface area (Å²) in [5.41, 5.74) is 6.64. The van der Waals surface area contributed by atoms with Gasteiger partial charge >= 0.3 is 0 Å². The molecule has 0 aromatic carbocycles. The van der Waals surface area contributed by atoms with E-state index < -0.39 is 0 Å². The fourth-order valence-electron chi connectivity index (χ4n) is 1.55. The number of pyridine rings is 1. The highest BCUT2D eigenvalue weighted by Gasteiger charge is 2.18. The van der Waals surface area contributed by atoms with Crippen LogP contribution in [-0.2, 0) is 5.54 Å². The van der Waals surface area contributed by atoms with Crippen molar-refractivity contribution in [1.29, 1.82) is 5.26 Å². The monoisotopic (exact) mass is 215 g/mol. The summed E-state index contributed by atoms with van der Waals surface area (Å²) < 4.78 is 1.81. The molecular formula is C11H13N5. The molecule has 2 N–H and O–H groups in total. The average molecular weight is 215 g/mol. The Morgan fingerprint density at radius 1 is 1.44 bits per heavy atom. The van der Waals surface area contributed by atoms with Gasteiger partial charge in [0.05, 0.1) is 17.3 Å². The summed E-state index contributed by atoms with van der Waals surface area (Å²) in [5, 5.41) is 14.0. The van der Waals surface area contributed by atoms with Crippen LogP contribution in [0.4, 0.5) is 5.82 Å². The summed E-state index contributed by atoms with van der Waals surface area (Å²) >= 11 is 0. The van der Waals surface area contributed by atoms with E-state index >= 15 is 0 Å². The Balaban J connectivity index is 2.76. The van der Waals surface area contributed by atoms with Crippen molar-refractivity contribution in [3.63, 3.8) is 0 Å². The maximum atomic E-state index is 8.85. The SMILES string of the molecule is CC(C)(C)n1ncc2cc(C#N)c(N)nc21. The molecule has 5 heteroatoms. The molecule has 0 aliphatic rings. The van der Waals surface area contributed by atoms with Crippen LogP contribution in [0.5, 0.6) is 0 Å². The van der Waals surface area contributed by atoms with Crippen molar-refractivity contribution < 1.29 is 0 Å². The second-order valence-electron chi connectivity index (χ2n) is 4.67. The van der Waals surface area contributed by atoms with Crippen molar-refractivity contribution in [1.82, 2.24) is 14.8 Å². The number of hydrogen-bond donors (Lipinski definition) is 1. The molecule has 82 valence electrons. The molecule has 0 spiro atoms. The molecule has 2 heterocycles. The number of aromatic nitrogens is 3. The van der Waals surface area contributed by atoms with Gasteiger partial charge < -0.3 is 5.73 Å². The molecule has 0 amide bonds. The molecule has 0 saturated heterocycles. The van der Waals surface area contributed by atoms with Crippen molar-refractivity contribution in [3.8, 4) is 6.07 Å². The summed E-state index contributed by atoms with van der Waals surface area (Å²) in [4.78, 5) is 4.23.